The third kappa shape index (κ3) is 20.0. The maximum absolute atomic E-state index is 12.3. The van der Waals surface area contributed by atoms with Gasteiger partial charge in [-0.2, -0.15) is 0 Å². The van der Waals surface area contributed by atoms with Crippen LogP contribution in [0.15, 0.2) is 0 Å². The first-order valence-corrected chi connectivity index (χ1v) is 12.3. The Hall–Kier alpha value is -1.06. The summed E-state index contributed by atoms with van der Waals surface area (Å²) >= 11 is 0. The summed E-state index contributed by atoms with van der Waals surface area (Å²) in [6.45, 7) is 7.98. The van der Waals surface area contributed by atoms with Gasteiger partial charge in [-0.25, -0.2) is 0 Å². The van der Waals surface area contributed by atoms with Crippen LogP contribution >= 0.6 is 0 Å². The second-order valence-corrected chi connectivity index (χ2v) is 9.62. The number of primary amides is 1. The Morgan fingerprint density at radius 3 is 1.52 bits per heavy atom. The summed E-state index contributed by atoms with van der Waals surface area (Å²) in [6, 6.07) is 0. The van der Waals surface area contributed by atoms with Crippen LogP contribution in [0, 0.1) is 5.92 Å². The molecule has 1 unspecified atom stereocenters. The summed E-state index contributed by atoms with van der Waals surface area (Å²) in [5.74, 6) is -0.101. The molecule has 1 amide bonds. The van der Waals surface area contributed by atoms with Crippen molar-refractivity contribution < 1.29 is 14.3 Å². The fourth-order valence-corrected chi connectivity index (χ4v) is 3.75. The van der Waals surface area contributed by atoms with E-state index in [0.717, 1.165) is 38.5 Å². The van der Waals surface area contributed by atoms with Crippen LogP contribution in [0.5, 0.6) is 0 Å². The predicted molar refractivity (Wildman–Crippen MR) is 123 cm³/mol. The first-order valence-electron chi connectivity index (χ1n) is 12.3. The van der Waals surface area contributed by atoms with Crippen molar-refractivity contribution in [3.05, 3.63) is 0 Å². The minimum Gasteiger partial charge on any atom is -0.460 e. The number of ether oxygens (including phenoxy) is 1. The third-order valence-electron chi connectivity index (χ3n) is 5.35. The van der Waals surface area contributed by atoms with Crippen LogP contribution in [0.1, 0.15) is 137 Å². The SMILES string of the molecule is CCCC(CCCCCCCCCCCCCCCC(N)=O)C(=O)OC(C)(C)C. The third-order valence-corrected chi connectivity index (χ3v) is 5.35. The first kappa shape index (κ1) is 27.9. The van der Waals surface area contributed by atoms with Gasteiger partial charge in [-0.1, -0.05) is 90.4 Å². The molecule has 0 spiro atoms. The molecule has 4 nitrogen and oxygen atoms in total. The molecule has 0 aromatic carbocycles. The van der Waals surface area contributed by atoms with Gasteiger partial charge in [0.15, 0.2) is 0 Å². The highest BCUT2D eigenvalue weighted by atomic mass is 16.6. The Morgan fingerprint density at radius 2 is 1.14 bits per heavy atom. The number of rotatable bonds is 19. The van der Waals surface area contributed by atoms with Crippen LogP contribution in [-0.2, 0) is 14.3 Å². The lowest BCUT2D eigenvalue weighted by atomic mass is 9.95. The Morgan fingerprint density at radius 1 is 0.724 bits per heavy atom. The first-order chi connectivity index (χ1) is 13.8. The summed E-state index contributed by atoms with van der Waals surface area (Å²) in [5.41, 5.74) is 4.76. The average Bonchev–Trinajstić information content (AvgIpc) is 2.62. The minimum atomic E-state index is -0.381. The van der Waals surface area contributed by atoms with E-state index in [2.05, 4.69) is 6.92 Å². The highest BCUT2D eigenvalue weighted by Crippen LogP contribution is 2.21. The number of hydrogen-bond donors (Lipinski definition) is 1. The Bertz CT molecular complexity index is 415. The van der Waals surface area contributed by atoms with Gasteiger partial charge in [0.1, 0.15) is 5.60 Å². The molecular weight excluding hydrogens is 362 g/mol. The van der Waals surface area contributed by atoms with Crippen LogP contribution in [0.25, 0.3) is 0 Å². The van der Waals surface area contributed by atoms with Crippen LogP contribution in [0.3, 0.4) is 0 Å². The molecule has 2 N–H and O–H groups in total. The maximum Gasteiger partial charge on any atom is 0.309 e. The molecule has 0 rings (SSSR count). The van der Waals surface area contributed by atoms with Crippen molar-refractivity contribution in [1.82, 2.24) is 0 Å². The normalized spacial score (nSPS) is 12.7. The number of esters is 1. The quantitative estimate of drug-likeness (QED) is 0.182. The fraction of sp³-hybridized carbons (Fsp3) is 0.920. The summed E-state index contributed by atoms with van der Waals surface area (Å²) in [4.78, 5) is 22.9. The zero-order chi connectivity index (χ0) is 22.0. The van der Waals surface area contributed by atoms with Gasteiger partial charge >= 0.3 is 5.97 Å². The molecule has 0 aliphatic rings. The zero-order valence-corrected chi connectivity index (χ0v) is 19.9. The predicted octanol–water partition coefficient (Wildman–Crippen LogP) is 7.08. The van der Waals surface area contributed by atoms with E-state index >= 15 is 0 Å². The van der Waals surface area contributed by atoms with E-state index in [0.29, 0.717) is 6.42 Å². The monoisotopic (exact) mass is 411 g/mol. The molecule has 0 aromatic rings. The van der Waals surface area contributed by atoms with Gasteiger partial charge in [-0.15, -0.1) is 0 Å². The molecule has 1 atom stereocenters. The van der Waals surface area contributed by atoms with Crippen LogP contribution in [-0.4, -0.2) is 17.5 Å². The summed E-state index contributed by atoms with van der Waals surface area (Å²) in [7, 11) is 0. The number of carbonyl (C=O) groups excluding carboxylic acids is 2. The topological polar surface area (TPSA) is 69.4 Å². The van der Waals surface area contributed by atoms with E-state index in [-0.39, 0.29) is 23.4 Å². The average molecular weight is 412 g/mol. The molecule has 0 heterocycles. The largest absolute Gasteiger partial charge is 0.460 e. The van der Waals surface area contributed by atoms with Gasteiger partial charge in [0.05, 0.1) is 5.92 Å². The van der Waals surface area contributed by atoms with Gasteiger partial charge < -0.3 is 10.5 Å². The molecule has 0 aliphatic heterocycles. The maximum atomic E-state index is 12.3. The highest BCUT2D eigenvalue weighted by Gasteiger charge is 2.23. The molecular formula is C25H49NO3. The van der Waals surface area contributed by atoms with E-state index in [1.807, 2.05) is 20.8 Å². The van der Waals surface area contributed by atoms with Crippen molar-refractivity contribution >= 4 is 11.9 Å². The highest BCUT2D eigenvalue weighted by molar-refractivity contribution is 5.73. The van der Waals surface area contributed by atoms with Crippen molar-refractivity contribution in [1.29, 1.82) is 0 Å². The Balaban J connectivity index is 3.50. The van der Waals surface area contributed by atoms with Crippen molar-refractivity contribution in [2.75, 3.05) is 0 Å². The molecule has 0 saturated heterocycles. The molecule has 4 heteroatoms. The van der Waals surface area contributed by atoms with Crippen LogP contribution < -0.4 is 5.73 Å². The standard InChI is InChI=1S/C25H49NO3/c1-5-19-22(24(28)29-25(2,3)4)20-17-15-13-11-9-7-6-8-10-12-14-16-18-21-23(26)27/h22H,5-21H2,1-4H3,(H2,26,27). The van der Waals surface area contributed by atoms with Gasteiger partial charge in [-0.05, 0) is 40.0 Å². The minimum absolute atomic E-state index is 0.00720. The fourth-order valence-electron chi connectivity index (χ4n) is 3.75. The molecule has 0 bridgehead atoms. The van der Waals surface area contributed by atoms with Crippen molar-refractivity contribution in [2.24, 2.45) is 11.7 Å². The van der Waals surface area contributed by atoms with Crippen LogP contribution in [0.2, 0.25) is 0 Å². The van der Waals surface area contributed by atoms with Gasteiger partial charge in [0, 0.05) is 6.42 Å². The van der Waals surface area contributed by atoms with Crippen LogP contribution in [0.4, 0.5) is 0 Å². The smallest absolute Gasteiger partial charge is 0.309 e. The van der Waals surface area contributed by atoms with Gasteiger partial charge in [0.2, 0.25) is 5.91 Å². The molecule has 29 heavy (non-hydrogen) atoms. The van der Waals surface area contributed by atoms with E-state index in [1.165, 1.54) is 64.2 Å². The molecule has 0 aromatic heterocycles. The van der Waals surface area contributed by atoms with E-state index < -0.39 is 0 Å². The molecule has 0 fully saturated rings. The lowest BCUT2D eigenvalue weighted by Crippen LogP contribution is -2.28. The summed E-state index contributed by atoms with van der Waals surface area (Å²) in [5, 5.41) is 0. The van der Waals surface area contributed by atoms with E-state index in [4.69, 9.17) is 10.5 Å². The Labute approximate surface area is 180 Å². The summed E-state index contributed by atoms with van der Waals surface area (Å²) < 4.78 is 5.57. The number of unbranched alkanes of at least 4 members (excludes halogenated alkanes) is 12. The zero-order valence-electron chi connectivity index (χ0n) is 19.9. The molecule has 0 aliphatic carbocycles. The number of carbonyl (C=O) groups is 2. The Kier molecular flexibility index (Phi) is 17.1. The lowest BCUT2D eigenvalue weighted by molar-refractivity contribution is -0.160. The number of amides is 1. The van der Waals surface area contributed by atoms with Gasteiger partial charge in [-0.3, -0.25) is 9.59 Å². The van der Waals surface area contributed by atoms with Crippen molar-refractivity contribution in [3.8, 4) is 0 Å². The summed E-state index contributed by atoms with van der Waals surface area (Å²) in [6.07, 6.45) is 19.8. The number of hydrogen-bond acceptors (Lipinski definition) is 3. The molecule has 172 valence electrons. The number of nitrogens with two attached hydrogens (primary N) is 1. The van der Waals surface area contributed by atoms with Crippen molar-refractivity contribution in [3.63, 3.8) is 0 Å². The molecule has 0 radical (unpaired) electrons. The second-order valence-electron chi connectivity index (χ2n) is 9.62. The van der Waals surface area contributed by atoms with E-state index in [1.54, 1.807) is 0 Å². The lowest BCUT2D eigenvalue weighted by Gasteiger charge is -2.23. The van der Waals surface area contributed by atoms with Crippen molar-refractivity contribution in [2.45, 2.75) is 142 Å². The van der Waals surface area contributed by atoms with E-state index in [9.17, 15) is 9.59 Å². The van der Waals surface area contributed by atoms with Gasteiger partial charge in [0.25, 0.3) is 0 Å². The molecule has 0 saturated carbocycles. The second kappa shape index (κ2) is 17.8.